The van der Waals surface area contributed by atoms with Gasteiger partial charge in [-0.3, -0.25) is 4.98 Å². The summed E-state index contributed by atoms with van der Waals surface area (Å²) in [5, 5.41) is 0.738. The number of pyridine rings is 1. The molecule has 2 nitrogen and oxygen atoms in total. The molecule has 1 aromatic heterocycles. The summed E-state index contributed by atoms with van der Waals surface area (Å²) in [5.41, 5.74) is 10.4. The molecule has 0 bridgehead atoms. The highest BCUT2D eigenvalue weighted by molar-refractivity contribution is 6.30. The maximum Gasteiger partial charge on any atom is 0.0731 e. The highest BCUT2D eigenvalue weighted by Gasteiger charge is 2.35. The van der Waals surface area contributed by atoms with E-state index < -0.39 is 0 Å². The molecule has 1 saturated carbocycles. The third-order valence-electron chi connectivity index (χ3n) is 3.47. The number of benzene rings is 1. The van der Waals surface area contributed by atoms with Gasteiger partial charge in [0.2, 0.25) is 0 Å². The first-order valence-electron chi connectivity index (χ1n) is 6.13. The lowest BCUT2D eigenvalue weighted by molar-refractivity contribution is 0.978. The van der Waals surface area contributed by atoms with Gasteiger partial charge in [-0.05, 0) is 36.6 Å². The van der Waals surface area contributed by atoms with Crippen molar-refractivity contribution in [2.24, 2.45) is 5.73 Å². The summed E-state index contributed by atoms with van der Waals surface area (Å²) in [4.78, 5) is 4.57. The van der Waals surface area contributed by atoms with E-state index in [1.165, 1.54) is 11.1 Å². The van der Waals surface area contributed by atoms with Crippen molar-refractivity contribution in [1.82, 2.24) is 4.98 Å². The van der Waals surface area contributed by atoms with Crippen LogP contribution in [-0.4, -0.2) is 11.0 Å². The highest BCUT2D eigenvalue weighted by Crippen LogP contribution is 2.39. The number of rotatable bonds is 2. The Balaban J connectivity index is 1.98. The molecule has 0 radical (unpaired) electrons. The fraction of sp³-hybridized carbons (Fsp3) is 0.267. The summed E-state index contributed by atoms with van der Waals surface area (Å²) >= 11 is 6.01. The van der Waals surface area contributed by atoms with Gasteiger partial charge in [0, 0.05) is 28.7 Å². The lowest BCUT2D eigenvalue weighted by Gasteiger charge is -2.08. The minimum absolute atomic E-state index is 0.322. The predicted molar refractivity (Wildman–Crippen MR) is 74.8 cm³/mol. The molecular weight excluding hydrogens is 244 g/mol. The first-order valence-corrected chi connectivity index (χ1v) is 6.51. The number of hydrogen-bond acceptors (Lipinski definition) is 2. The third-order valence-corrected chi connectivity index (χ3v) is 3.70. The van der Waals surface area contributed by atoms with Crippen LogP contribution in [0.3, 0.4) is 0 Å². The van der Waals surface area contributed by atoms with Crippen LogP contribution in [0.4, 0.5) is 0 Å². The van der Waals surface area contributed by atoms with Gasteiger partial charge in [0.15, 0.2) is 0 Å². The SMILES string of the molecule is Cc1cc(C2CC2N)cnc1-c1cccc(Cl)c1. The summed E-state index contributed by atoms with van der Waals surface area (Å²) in [6.07, 6.45) is 3.03. The third kappa shape index (κ3) is 2.14. The molecule has 0 saturated heterocycles. The molecule has 3 rings (SSSR count). The van der Waals surface area contributed by atoms with Crippen molar-refractivity contribution in [3.05, 3.63) is 52.7 Å². The van der Waals surface area contributed by atoms with E-state index in [1.807, 2.05) is 30.5 Å². The normalized spacial score (nSPS) is 21.9. The topological polar surface area (TPSA) is 38.9 Å². The molecule has 92 valence electrons. The minimum atomic E-state index is 0.322. The molecule has 0 spiro atoms. The Hall–Kier alpha value is -1.38. The molecule has 1 fully saturated rings. The molecule has 2 aromatic rings. The standard InChI is InChI=1S/C15H15ClN2/c1-9-5-11(13-7-14(13)17)8-18-15(9)10-3-2-4-12(16)6-10/h2-6,8,13-14H,7,17H2,1H3. The Morgan fingerprint density at radius 1 is 1.33 bits per heavy atom. The van der Waals surface area contributed by atoms with Gasteiger partial charge in [0.1, 0.15) is 0 Å². The monoisotopic (exact) mass is 258 g/mol. The molecule has 0 amide bonds. The lowest BCUT2D eigenvalue weighted by Crippen LogP contribution is -2.01. The number of halogens is 1. The maximum atomic E-state index is 6.01. The van der Waals surface area contributed by atoms with Crippen LogP contribution in [0.25, 0.3) is 11.3 Å². The zero-order valence-electron chi connectivity index (χ0n) is 10.2. The Labute approximate surface area is 112 Å². The number of aromatic nitrogens is 1. The van der Waals surface area contributed by atoms with Crippen molar-refractivity contribution in [1.29, 1.82) is 0 Å². The van der Waals surface area contributed by atoms with Crippen molar-refractivity contribution < 1.29 is 0 Å². The van der Waals surface area contributed by atoms with Gasteiger partial charge in [0.25, 0.3) is 0 Å². The van der Waals surface area contributed by atoms with Gasteiger partial charge in [-0.15, -0.1) is 0 Å². The summed E-state index contributed by atoms with van der Waals surface area (Å²) in [7, 11) is 0. The molecule has 1 aromatic carbocycles. The van der Waals surface area contributed by atoms with E-state index in [9.17, 15) is 0 Å². The Kier molecular flexibility index (Phi) is 2.84. The lowest BCUT2D eigenvalue weighted by atomic mass is 10.0. The van der Waals surface area contributed by atoms with Crippen LogP contribution in [0.2, 0.25) is 5.02 Å². The zero-order chi connectivity index (χ0) is 12.7. The molecule has 18 heavy (non-hydrogen) atoms. The van der Waals surface area contributed by atoms with Gasteiger partial charge in [-0.1, -0.05) is 29.8 Å². The van der Waals surface area contributed by atoms with Crippen LogP contribution in [-0.2, 0) is 0 Å². The van der Waals surface area contributed by atoms with Crippen LogP contribution >= 0.6 is 11.6 Å². The Bertz CT molecular complexity index is 595. The van der Waals surface area contributed by atoms with Crippen LogP contribution < -0.4 is 5.73 Å². The van der Waals surface area contributed by atoms with E-state index in [0.717, 1.165) is 22.7 Å². The van der Waals surface area contributed by atoms with E-state index in [2.05, 4.69) is 18.0 Å². The molecule has 2 atom stereocenters. The first-order chi connectivity index (χ1) is 8.65. The number of nitrogens with two attached hydrogens (primary N) is 1. The average molecular weight is 259 g/mol. The summed E-state index contributed by atoms with van der Waals surface area (Å²) < 4.78 is 0. The van der Waals surface area contributed by atoms with Crippen LogP contribution in [0.5, 0.6) is 0 Å². The highest BCUT2D eigenvalue weighted by atomic mass is 35.5. The van der Waals surface area contributed by atoms with Gasteiger partial charge < -0.3 is 5.73 Å². The molecule has 0 aliphatic heterocycles. The van der Waals surface area contributed by atoms with E-state index in [-0.39, 0.29) is 0 Å². The predicted octanol–water partition coefficient (Wildman–Crippen LogP) is 3.53. The smallest absolute Gasteiger partial charge is 0.0731 e. The average Bonchev–Trinajstić information content (AvgIpc) is 3.06. The molecule has 3 heteroatoms. The number of nitrogens with zero attached hydrogens (tertiary/aromatic N) is 1. The van der Waals surface area contributed by atoms with E-state index in [4.69, 9.17) is 17.3 Å². The van der Waals surface area contributed by atoms with Gasteiger partial charge in [-0.25, -0.2) is 0 Å². The second-order valence-corrected chi connectivity index (χ2v) is 5.39. The van der Waals surface area contributed by atoms with Crippen molar-refractivity contribution in [2.45, 2.75) is 25.3 Å². The minimum Gasteiger partial charge on any atom is -0.327 e. The Morgan fingerprint density at radius 3 is 2.72 bits per heavy atom. The number of aryl methyl sites for hydroxylation is 1. The number of hydrogen-bond donors (Lipinski definition) is 1. The van der Waals surface area contributed by atoms with E-state index in [1.54, 1.807) is 0 Å². The second-order valence-electron chi connectivity index (χ2n) is 4.95. The largest absolute Gasteiger partial charge is 0.327 e. The summed E-state index contributed by atoms with van der Waals surface area (Å²) in [5.74, 6) is 0.504. The molecule has 1 aliphatic rings. The Morgan fingerprint density at radius 2 is 2.11 bits per heavy atom. The van der Waals surface area contributed by atoms with E-state index in [0.29, 0.717) is 12.0 Å². The van der Waals surface area contributed by atoms with Crippen molar-refractivity contribution in [3.8, 4) is 11.3 Å². The quantitative estimate of drug-likeness (QED) is 0.895. The van der Waals surface area contributed by atoms with Crippen LogP contribution in [0.1, 0.15) is 23.5 Å². The molecule has 2 unspecified atom stereocenters. The van der Waals surface area contributed by atoms with Gasteiger partial charge in [0.05, 0.1) is 5.69 Å². The first kappa shape index (κ1) is 11.7. The van der Waals surface area contributed by atoms with Crippen LogP contribution in [0, 0.1) is 6.92 Å². The molecular formula is C15H15ClN2. The second kappa shape index (κ2) is 4.38. The fourth-order valence-electron chi connectivity index (χ4n) is 2.34. The summed E-state index contributed by atoms with van der Waals surface area (Å²) in [6, 6.07) is 10.3. The van der Waals surface area contributed by atoms with Crippen molar-refractivity contribution in [2.75, 3.05) is 0 Å². The summed E-state index contributed by atoms with van der Waals surface area (Å²) in [6.45, 7) is 2.08. The maximum absolute atomic E-state index is 6.01. The van der Waals surface area contributed by atoms with Gasteiger partial charge in [-0.2, -0.15) is 0 Å². The van der Waals surface area contributed by atoms with Crippen molar-refractivity contribution in [3.63, 3.8) is 0 Å². The fourth-order valence-corrected chi connectivity index (χ4v) is 2.53. The molecule has 2 N–H and O–H groups in total. The molecule has 1 aliphatic carbocycles. The van der Waals surface area contributed by atoms with E-state index >= 15 is 0 Å². The molecule has 1 heterocycles. The van der Waals surface area contributed by atoms with Crippen LogP contribution in [0.15, 0.2) is 36.5 Å². The van der Waals surface area contributed by atoms with Gasteiger partial charge >= 0.3 is 0 Å². The van der Waals surface area contributed by atoms with Crippen molar-refractivity contribution >= 4 is 11.6 Å². The zero-order valence-corrected chi connectivity index (χ0v) is 11.0.